The van der Waals surface area contributed by atoms with Gasteiger partial charge in [-0.05, 0) is 50.7 Å². The summed E-state index contributed by atoms with van der Waals surface area (Å²) in [6, 6.07) is 3.77. The number of nitrogens with one attached hydrogen (secondary N) is 1. The minimum absolute atomic E-state index is 0.0160. The second kappa shape index (κ2) is 7.74. The van der Waals surface area contributed by atoms with Gasteiger partial charge in [-0.15, -0.1) is 0 Å². The quantitative estimate of drug-likeness (QED) is 0.870. The Bertz CT molecular complexity index is 682. The fraction of sp³-hybridized carbons (Fsp3) is 0.650. The zero-order chi connectivity index (χ0) is 18.8. The van der Waals surface area contributed by atoms with Crippen molar-refractivity contribution in [2.45, 2.75) is 44.6 Å². The fourth-order valence-corrected chi connectivity index (χ4v) is 4.09. The molecule has 3 fully saturated rings. The van der Waals surface area contributed by atoms with Crippen molar-refractivity contribution in [1.29, 1.82) is 0 Å². The molecular formula is C20H27N3O4. The lowest BCUT2D eigenvalue weighted by Gasteiger charge is -2.37. The Morgan fingerprint density at radius 1 is 0.889 bits per heavy atom. The van der Waals surface area contributed by atoms with Gasteiger partial charge < -0.3 is 19.5 Å². The summed E-state index contributed by atoms with van der Waals surface area (Å²) in [5, 5.41) is 3.08. The third-order valence-corrected chi connectivity index (χ3v) is 5.98. The first-order valence-electron chi connectivity index (χ1n) is 10.0. The number of piperazine rings is 1. The molecule has 0 atom stereocenters. The van der Waals surface area contributed by atoms with Gasteiger partial charge in [-0.3, -0.25) is 14.4 Å². The van der Waals surface area contributed by atoms with Crippen LogP contribution in [0.2, 0.25) is 0 Å². The second-order valence-corrected chi connectivity index (χ2v) is 7.93. The van der Waals surface area contributed by atoms with Crippen LogP contribution >= 0.6 is 0 Å². The molecule has 1 aliphatic heterocycles. The molecule has 3 aliphatic rings. The van der Waals surface area contributed by atoms with E-state index in [9.17, 15) is 14.4 Å². The van der Waals surface area contributed by atoms with Gasteiger partial charge in [0.25, 0.3) is 5.91 Å². The Morgan fingerprint density at radius 3 is 2.11 bits per heavy atom. The highest BCUT2D eigenvalue weighted by Crippen LogP contribution is 2.31. The number of carbonyl (C=O) groups excluding carboxylic acids is 3. The van der Waals surface area contributed by atoms with Gasteiger partial charge in [0, 0.05) is 44.1 Å². The molecule has 3 amide bonds. The van der Waals surface area contributed by atoms with Crippen LogP contribution in [0.3, 0.4) is 0 Å². The number of hydrogen-bond acceptors (Lipinski definition) is 4. The molecule has 2 saturated carbocycles. The van der Waals surface area contributed by atoms with Crippen molar-refractivity contribution in [3.63, 3.8) is 0 Å². The molecule has 0 spiro atoms. The maximum atomic E-state index is 12.8. The lowest BCUT2D eigenvalue weighted by atomic mass is 9.81. The van der Waals surface area contributed by atoms with Gasteiger partial charge in [0.1, 0.15) is 0 Å². The average molecular weight is 373 g/mol. The van der Waals surface area contributed by atoms with Crippen LogP contribution in [-0.4, -0.2) is 59.7 Å². The molecule has 1 aromatic rings. The summed E-state index contributed by atoms with van der Waals surface area (Å²) in [6.07, 6.45) is 6.87. The van der Waals surface area contributed by atoms with Crippen LogP contribution in [0.15, 0.2) is 22.8 Å². The highest BCUT2D eigenvalue weighted by atomic mass is 16.3. The Hall–Kier alpha value is -2.31. The van der Waals surface area contributed by atoms with E-state index in [1.807, 2.05) is 4.90 Å². The molecule has 7 heteroatoms. The van der Waals surface area contributed by atoms with E-state index in [0.29, 0.717) is 38.0 Å². The van der Waals surface area contributed by atoms with Gasteiger partial charge in [-0.1, -0.05) is 0 Å². The van der Waals surface area contributed by atoms with E-state index in [2.05, 4.69) is 5.32 Å². The molecule has 1 aromatic heterocycles. The van der Waals surface area contributed by atoms with Crippen molar-refractivity contribution in [3.8, 4) is 0 Å². The number of nitrogens with zero attached hydrogens (tertiary/aromatic N) is 2. The maximum absolute atomic E-state index is 12.8. The minimum atomic E-state index is -0.116. The van der Waals surface area contributed by atoms with Crippen molar-refractivity contribution in [2.75, 3.05) is 26.2 Å². The topological polar surface area (TPSA) is 82.9 Å². The highest BCUT2D eigenvalue weighted by molar-refractivity contribution is 5.91. The molecule has 2 heterocycles. The monoisotopic (exact) mass is 373 g/mol. The van der Waals surface area contributed by atoms with Crippen LogP contribution in [0.5, 0.6) is 0 Å². The van der Waals surface area contributed by atoms with E-state index in [-0.39, 0.29) is 29.6 Å². The van der Waals surface area contributed by atoms with Gasteiger partial charge in [0.2, 0.25) is 11.8 Å². The van der Waals surface area contributed by atoms with Crippen LogP contribution in [0.4, 0.5) is 0 Å². The highest BCUT2D eigenvalue weighted by Gasteiger charge is 2.35. The molecule has 4 rings (SSSR count). The predicted molar refractivity (Wildman–Crippen MR) is 97.8 cm³/mol. The van der Waals surface area contributed by atoms with Gasteiger partial charge in [-0.2, -0.15) is 0 Å². The molecule has 0 unspecified atom stereocenters. The maximum Gasteiger partial charge on any atom is 0.289 e. The Kier molecular flexibility index (Phi) is 5.18. The summed E-state index contributed by atoms with van der Waals surface area (Å²) in [6.45, 7) is 2.19. The van der Waals surface area contributed by atoms with E-state index in [0.717, 1.165) is 38.5 Å². The number of hydrogen-bond donors (Lipinski definition) is 1. The van der Waals surface area contributed by atoms with Crippen LogP contribution in [0, 0.1) is 11.8 Å². The first kappa shape index (κ1) is 18.1. The van der Waals surface area contributed by atoms with Crippen molar-refractivity contribution in [2.24, 2.45) is 11.8 Å². The second-order valence-electron chi connectivity index (χ2n) is 7.93. The van der Waals surface area contributed by atoms with Crippen molar-refractivity contribution in [1.82, 2.24) is 15.1 Å². The van der Waals surface area contributed by atoms with Crippen molar-refractivity contribution >= 4 is 17.7 Å². The largest absolute Gasteiger partial charge is 0.459 e. The van der Waals surface area contributed by atoms with E-state index in [1.54, 1.807) is 17.0 Å². The summed E-state index contributed by atoms with van der Waals surface area (Å²) < 4.78 is 5.17. The molecule has 2 aliphatic carbocycles. The summed E-state index contributed by atoms with van der Waals surface area (Å²) in [7, 11) is 0. The van der Waals surface area contributed by atoms with E-state index < -0.39 is 0 Å². The first-order chi connectivity index (χ1) is 13.1. The summed E-state index contributed by atoms with van der Waals surface area (Å²) in [4.78, 5) is 40.9. The molecule has 27 heavy (non-hydrogen) atoms. The average Bonchev–Trinajstić information content (AvgIpc) is 3.35. The number of carbonyl (C=O) groups is 3. The predicted octanol–water partition coefficient (Wildman–Crippen LogP) is 1.65. The van der Waals surface area contributed by atoms with Gasteiger partial charge >= 0.3 is 0 Å². The molecule has 1 saturated heterocycles. The third-order valence-electron chi connectivity index (χ3n) is 5.98. The lowest BCUT2D eigenvalue weighted by Crippen LogP contribution is -2.52. The Morgan fingerprint density at radius 2 is 1.52 bits per heavy atom. The van der Waals surface area contributed by atoms with Crippen LogP contribution < -0.4 is 5.32 Å². The molecule has 0 radical (unpaired) electrons. The van der Waals surface area contributed by atoms with Gasteiger partial charge in [0.05, 0.1) is 6.26 Å². The lowest BCUT2D eigenvalue weighted by molar-refractivity contribution is -0.139. The Labute approximate surface area is 159 Å². The molecular weight excluding hydrogens is 346 g/mol. The number of rotatable bonds is 4. The smallest absolute Gasteiger partial charge is 0.289 e. The zero-order valence-electron chi connectivity index (χ0n) is 15.6. The van der Waals surface area contributed by atoms with Gasteiger partial charge in [0.15, 0.2) is 5.76 Å². The van der Waals surface area contributed by atoms with Crippen LogP contribution in [-0.2, 0) is 9.59 Å². The molecule has 7 nitrogen and oxygen atoms in total. The molecule has 146 valence electrons. The van der Waals surface area contributed by atoms with Gasteiger partial charge in [-0.25, -0.2) is 0 Å². The summed E-state index contributed by atoms with van der Waals surface area (Å²) in [5.41, 5.74) is 0. The molecule has 1 N–H and O–H groups in total. The fourth-order valence-electron chi connectivity index (χ4n) is 4.09. The third kappa shape index (κ3) is 4.17. The van der Waals surface area contributed by atoms with E-state index in [4.69, 9.17) is 4.42 Å². The van der Waals surface area contributed by atoms with Crippen LogP contribution in [0.25, 0.3) is 0 Å². The van der Waals surface area contributed by atoms with Crippen molar-refractivity contribution < 1.29 is 18.8 Å². The number of amides is 3. The SMILES string of the molecule is O=C(NC1CC1)C1CCC(C(=O)N2CCN(C(=O)c3ccco3)CC2)CC1. The summed E-state index contributed by atoms with van der Waals surface area (Å²) in [5.74, 6) is 0.668. The normalized spacial score (nSPS) is 25.9. The Balaban J connectivity index is 1.22. The van der Waals surface area contributed by atoms with Crippen molar-refractivity contribution in [3.05, 3.63) is 24.2 Å². The minimum Gasteiger partial charge on any atom is -0.459 e. The first-order valence-corrected chi connectivity index (χ1v) is 10.0. The molecule has 0 bridgehead atoms. The zero-order valence-corrected chi connectivity index (χ0v) is 15.6. The summed E-state index contributed by atoms with van der Waals surface area (Å²) >= 11 is 0. The van der Waals surface area contributed by atoms with Crippen LogP contribution in [0.1, 0.15) is 49.1 Å². The standard InChI is InChI=1S/C20H27N3O4/c24-18(21-16-7-8-16)14-3-5-15(6-4-14)19(25)22-9-11-23(12-10-22)20(26)17-2-1-13-27-17/h1-2,13-16H,3-12H2,(H,21,24). The number of furan rings is 1. The van der Waals surface area contributed by atoms with E-state index >= 15 is 0 Å². The van der Waals surface area contributed by atoms with E-state index in [1.165, 1.54) is 6.26 Å². The molecule has 0 aromatic carbocycles.